The number of aromatic amines is 1. The standard InChI is InChI=1S/C27H25N3O/c1-18-14-19(2)24(20(3)15-18)17-28-30-27(31)26-23(21-10-6-4-7-11-21)16-25(29-26)22-12-8-5-9-13-22/h4-17,29H,1-3H3,(H,30,31). The molecule has 0 aliphatic heterocycles. The highest BCUT2D eigenvalue weighted by molar-refractivity contribution is 6.01. The fourth-order valence-electron chi connectivity index (χ4n) is 3.86. The molecule has 4 nitrogen and oxygen atoms in total. The zero-order valence-corrected chi connectivity index (χ0v) is 17.9. The van der Waals surface area contributed by atoms with Crippen LogP contribution in [0.3, 0.4) is 0 Å². The molecule has 0 bridgehead atoms. The molecule has 0 fully saturated rings. The van der Waals surface area contributed by atoms with Crippen LogP contribution < -0.4 is 5.43 Å². The van der Waals surface area contributed by atoms with E-state index in [9.17, 15) is 4.79 Å². The number of carbonyl (C=O) groups is 1. The van der Waals surface area contributed by atoms with Crippen molar-refractivity contribution in [1.29, 1.82) is 0 Å². The summed E-state index contributed by atoms with van der Waals surface area (Å²) in [7, 11) is 0. The molecule has 0 saturated carbocycles. The highest BCUT2D eigenvalue weighted by Gasteiger charge is 2.17. The topological polar surface area (TPSA) is 57.2 Å². The molecule has 3 aromatic carbocycles. The van der Waals surface area contributed by atoms with Crippen LogP contribution in [0.4, 0.5) is 0 Å². The first kappa shape index (κ1) is 20.4. The van der Waals surface area contributed by atoms with Gasteiger partial charge in [-0.1, -0.05) is 78.4 Å². The Morgan fingerprint density at radius 1 is 0.839 bits per heavy atom. The number of aryl methyl sites for hydroxylation is 3. The smallest absolute Gasteiger partial charge is 0.288 e. The van der Waals surface area contributed by atoms with Gasteiger partial charge in [-0.3, -0.25) is 4.79 Å². The number of nitrogens with zero attached hydrogens (tertiary/aromatic N) is 1. The van der Waals surface area contributed by atoms with Gasteiger partial charge in [-0.05, 0) is 49.1 Å². The number of hydrazone groups is 1. The van der Waals surface area contributed by atoms with E-state index in [2.05, 4.69) is 34.6 Å². The van der Waals surface area contributed by atoms with Crippen molar-refractivity contribution >= 4 is 12.1 Å². The van der Waals surface area contributed by atoms with Crippen LogP contribution >= 0.6 is 0 Å². The molecule has 2 N–H and O–H groups in total. The van der Waals surface area contributed by atoms with Crippen LogP contribution in [-0.2, 0) is 0 Å². The van der Waals surface area contributed by atoms with Gasteiger partial charge in [0.1, 0.15) is 5.69 Å². The lowest BCUT2D eigenvalue weighted by molar-refractivity contribution is 0.0951. The van der Waals surface area contributed by atoms with Crippen molar-refractivity contribution < 1.29 is 4.79 Å². The number of benzene rings is 3. The maximum absolute atomic E-state index is 13.0. The van der Waals surface area contributed by atoms with Crippen molar-refractivity contribution in [2.24, 2.45) is 5.10 Å². The van der Waals surface area contributed by atoms with E-state index in [1.807, 2.05) is 80.6 Å². The van der Waals surface area contributed by atoms with Crippen LogP contribution in [0.15, 0.2) is 84.0 Å². The SMILES string of the molecule is Cc1cc(C)c(C=NNC(=O)c2[nH]c(-c3ccccc3)cc2-c2ccccc2)c(C)c1. The van der Waals surface area contributed by atoms with Crippen LogP contribution in [0.1, 0.15) is 32.7 Å². The van der Waals surface area contributed by atoms with Gasteiger partial charge in [-0.2, -0.15) is 5.10 Å². The van der Waals surface area contributed by atoms with Gasteiger partial charge in [-0.15, -0.1) is 0 Å². The number of nitrogens with one attached hydrogen (secondary N) is 2. The van der Waals surface area contributed by atoms with Crippen molar-refractivity contribution in [2.75, 3.05) is 0 Å². The quantitative estimate of drug-likeness (QED) is 0.308. The van der Waals surface area contributed by atoms with E-state index in [0.29, 0.717) is 5.69 Å². The van der Waals surface area contributed by atoms with Gasteiger partial charge in [0.15, 0.2) is 0 Å². The fourth-order valence-corrected chi connectivity index (χ4v) is 3.86. The molecular formula is C27H25N3O. The molecule has 4 aromatic rings. The highest BCUT2D eigenvalue weighted by atomic mass is 16.2. The molecule has 0 radical (unpaired) electrons. The number of H-pyrrole nitrogens is 1. The Labute approximate surface area is 182 Å². The number of amides is 1. The number of aromatic nitrogens is 1. The molecule has 154 valence electrons. The van der Waals surface area contributed by atoms with Crippen molar-refractivity contribution in [3.63, 3.8) is 0 Å². The molecular weight excluding hydrogens is 382 g/mol. The summed E-state index contributed by atoms with van der Waals surface area (Å²) in [4.78, 5) is 16.3. The van der Waals surface area contributed by atoms with Crippen molar-refractivity contribution in [3.05, 3.63) is 107 Å². The Morgan fingerprint density at radius 2 is 1.42 bits per heavy atom. The Hall–Kier alpha value is -3.92. The zero-order valence-electron chi connectivity index (χ0n) is 17.9. The van der Waals surface area contributed by atoms with E-state index in [4.69, 9.17) is 0 Å². The molecule has 0 unspecified atom stereocenters. The summed E-state index contributed by atoms with van der Waals surface area (Å²) in [6, 6.07) is 26.1. The molecule has 0 atom stereocenters. The lowest BCUT2D eigenvalue weighted by atomic mass is 10.0. The summed E-state index contributed by atoms with van der Waals surface area (Å²) in [5.74, 6) is -0.278. The monoisotopic (exact) mass is 407 g/mol. The average Bonchev–Trinajstić information content (AvgIpc) is 3.22. The first-order valence-corrected chi connectivity index (χ1v) is 10.3. The Kier molecular flexibility index (Phi) is 5.80. The molecule has 0 aliphatic rings. The van der Waals surface area contributed by atoms with Crippen LogP contribution in [-0.4, -0.2) is 17.1 Å². The second kappa shape index (κ2) is 8.84. The molecule has 4 rings (SSSR count). The van der Waals surface area contributed by atoms with Gasteiger partial charge in [0.05, 0.1) is 6.21 Å². The lowest BCUT2D eigenvalue weighted by Crippen LogP contribution is -2.19. The third kappa shape index (κ3) is 4.48. The molecule has 0 aliphatic carbocycles. The van der Waals surface area contributed by atoms with Gasteiger partial charge >= 0.3 is 0 Å². The number of carbonyl (C=O) groups excluding carboxylic acids is 1. The molecule has 1 heterocycles. The third-order valence-corrected chi connectivity index (χ3v) is 5.31. The highest BCUT2D eigenvalue weighted by Crippen LogP contribution is 2.29. The Balaban J connectivity index is 1.65. The Bertz CT molecular complexity index is 1220. The molecule has 0 spiro atoms. The average molecular weight is 408 g/mol. The molecule has 31 heavy (non-hydrogen) atoms. The maximum Gasteiger partial charge on any atom is 0.288 e. The maximum atomic E-state index is 13.0. The minimum absolute atomic E-state index is 0.278. The summed E-state index contributed by atoms with van der Waals surface area (Å²) >= 11 is 0. The summed E-state index contributed by atoms with van der Waals surface area (Å²) in [5.41, 5.74) is 11.4. The summed E-state index contributed by atoms with van der Waals surface area (Å²) < 4.78 is 0. The van der Waals surface area contributed by atoms with E-state index in [-0.39, 0.29) is 5.91 Å². The first-order chi connectivity index (χ1) is 15.0. The largest absolute Gasteiger partial charge is 0.350 e. The minimum Gasteiger partial charge on any atom is -0.350 e. The van der Waals surface area contributed by atoms with E-state index in [1.165, 1.54) is 5.56 Å². The predicted octanol–water partition coefficient (Wildman–Crippen LogP) is 6.04. The van der Waals surface area contributed by atoms with Gasteiger partial charge in [0, 0.05) is 16.8 Å². The van der Waals surface area contributed by atoms with Crippen LogP contribution in [0.25, 0.3) is 22.4 Å². The fraction of sp³-hybridized carbons (Fsp3) is 0.111. The number of hydrogen-bond donors (Lipinski definition) is 2. The summed E-state index contributed by atoms with van der Waals surface area (Å²) in [5, 5.41) is 4.24. The van der Waals surface area contributed by atoms with Crippen molar-refractivity contribution in [1.82, 2.24) is 10.4 Å². The molecule has 0 saturated heterocycles. The normalized spacial score (nSPS) is 11.1. The van der Waals surface area contributed by atoms with E-state index in [0.717, 1.165) is 39.1 Å². The minimum atomic E-state index is -0.278. The second-order valence-electron chi connectivity index (χ2n) is 7.72. The Morgan fingerprint density at radius 3 is 2.03 bits per heavy atom. The van der Waals surface area contributed by atoms with Gasteiger partial charge in [-0.25, -0.2) is 5.43 Å². The summed E-state index contributed by atoms with van der Waals surface area (Å²) in [6.07, 6.45) is 1.71. The second-order valence-corrected chi connectivity index (χ2v) is 7.72. The molecule has 1 aromatic heterocycles. The van der Waals surface area contributed by atoms with Crippen molar-refractivity contribution in [3.8, 4) is 22.4 Å². The third-order valence-electron chi connectivity index (χ3n) is 5.31. The van der Waals surface area contributed by atoms with Crippen molar-refractivity contribution in [2.45, 2.75) is 20.8 Å². The lowest BCUT2D eigenvalue weighted by Gasteiger charge is -2.07. The molecule has 1 amide bonds. The van der Waals surface area contributed by atoms with Gasteiger partial charge < -0.3 is 4.98 Å². The van der Waals surface area contributed by atoms with E-state index >= 15 is 0 Å². The van der Waals surface area contributed by atoms with Crippen LogP contribution in [0.2, 0.25) is 0 Å². The van der Waals surface area contributed by atoms with Crippen LogP contribution in [0.5, 0.6) is 0 Å². The van der Waals surface area contributed by atoms with E-state index < -0.39 is 0 Å². The molecule has 4 heteroatoms. The van der Waals surface area contributed by atoms with Gasteiger partial charge in [0.25, 0.3) is 5.91 Å². The first-order valence-electron chi connectivity index (χ1n) is 10.3. The number of rotatable bonds is 5. The summed E-state index contributed by atoms with van der Waals surface area (Å²) in [6.45, 7) is 6.17. The predicted molar refractivity (Wildman–Crippen MR) is 127 cm³/mol. The van der Waals surface area contributed by atoms with Crippen LogP contribution in [0, 0.1) is 20.8 Å². The number of hydrogen-bond acceptors (Lipinski definition) is 2. The van der Waals surface area contributed by atoms with Gasteiger partial charge in [0.2, 0.25) is 0 Å². The van der Waals surface area contributed by atoms with E-state index in [1.54, 1.807) is 6.21 Å². The zero-order chi connectivity index (χ0) is 21.8.